The molecule has 3 rings (SSSR count). The summed E-state index contributed by atoms with van der Waals surface area (Å²) in [6.45, 7) is 0. The first kappa shape index (κ1) is 16.6. The van der Waals surface area contributed by atoms with Crippen LogP contribution in [0, 0.1) is 0 Å². The van der Waals surface area contributed by atoms with Crippen LogP contribution in [0.25, 0.3) is 22.3 Å². The predicted molar refractivity (Wildman–Crippen MR) is 105 cm³/mol. The largest absolute Gasteiger partial charge is 0.497 e. The third kappa shape index (κ3) is 3.18. The Balaban J connectivity index is 2.27. The van der Waals surface area contributed by atoms with E-state index in [1.54, 1.807) is 14.2 Å². The van der Waals surface area contributed by atoms with E-state index in [-0.39, 0.29) is 0 Å². The maximum absolute atomic E-state index is 6.60. The van der Waals surface area contributed by atoms with Gasteiger partial charge in [0.1, 0.15) is 11.5 Å². The molecule has 122 valence electrons. The van der Waals surface area contributed by atoms with Crippen molar-refractivity contribution in [3.05, 3.63) is 65.7 Å². The number of hydrogen-bond acceptors (Lipinski definition) is 2. The van der Waals surface area contributed by atoms with Crippen LogP contribution in [0.1, 0.15) is 0 Å². The summed E-state index contributed by atoms with van der Waals surface area (Å²) in [4.78, 5) is 0. The van der Waals surface area contributed by atoms with Crippen molar-refractivity contribution in [1.82, 2.24) is 0 Å². The standard InChI is InChI=1S/C20H19ClO2Si/c1-22-15-7-3-5-13(11-15)19-17(21)9-10-18(24)20(19)14-6-4-8-16(12-14)23-2/h3-12H,1-2,24H3. The summed E-state index contributed by atoms with van der Waals surface area (Å²) in [7, 11) is 4.28. The van der Waals surface area contributed by atoms with Gasteiger partial charge < -0.3 is 9.47 Å². The molecule has 4 heteroatoms. The Morgan fingerprint density at radius 2 is 1.29 bits per heavy atom. The predicted octanol–water partition coefficient (Wildman–Crippen LogP) is 3.68. The van der Waals surface area contributed by atoms with Crippen LogP contribution in [-0.4, -0.2) is 24.5 Å². The van der Waals surface area contributed by atoms with Gasteiger partial charge in [-0.1, -0.05) is 47.1 Å². The minimum absolute atomic E-state index is 0.737. The maximum Gasteiger partial charge on any atom is 0.119 e. The van der Waals surface area contributed by atoms with E-state index < -0.39 is 0 Å². The van der Waals surface area contributed by atoms with Crippen LogP contribution in [0.2, 0.25) is 5.02 Å². The number of ether oxygens (including phenoxy) is 2. The first-order valence-electron chi connectivity index (χ1n) is 7.72. The topological polar surface area (TPSA) is 18.5 Å². The summed E-state index contributed by atoms with van der Waals surface area (Å²) in [5, 5.41) is 2.03. The molecule has 0 amide bonds. The molecule has 0 bridgehead atoms. The van der Waals surface area contributed by atoms with Gasteiger partial charge in [-0.2, -0.15) is 0 Å². The van der Waals surface area contributed by atoms with Crippen molar-refractivity contribution in [3.63, 3.8) is 0 Å². The normalized spacial score (nSPS) is 10.6. The summed E-state index contributed by atoms with van der Waals surface area (Å²) in [6, 6.07) is 20.2. The molecule has 3 aromatic rings. The first-order valence-corrected chi connectivity index (χ1v) is 9.10. The molecule has 0 unspecified atom stereocenters. The number of benzene rings is 3. The molecule has 0 N–H and O–H groups in total. The van der Waals surface area contributed by atoms with Crippen molar-refractivity contribution >= 4 is 27.0 Å². The maximum atomic E-state index is 6.60. The molecule has 0 spiro atoms. The van der Waals surface area contributed by atoms with Crippen molar-refractivity contribution in [2.24, 2.45) is 0 Å². The number of methoxy groups -OCH3 is 2. The van der Waals surface area contributed by atoms with Gasteiger partial charge in [-0.05, 0) is 47.0 Å². The van der Waals surface area contributed by atoms with Crippen LogP contribution in [0.3, 0.4) is 0 Å². The fraction of sp³-hybridized carbons (Fsp3) is 0.100. The molecule has 0 aliphatic rings. The molecule has 0 saturated heterocycles. The molecule has 0 saturated carbocycles. The van der Waals surface area contributed by atoms with Crippen molar-refractivity contribution < 1.29 is 9.47 Å². The fourth-order valence-corrected chi connectivity index (χ4v) is 3.86. The van der Waals surface area contributed by atoms with Crippen LogP contribution in [0.4, 0.5) is 0 Å². The van der Waals surface area contributed by atoms with Gasteiger partial charge in [-0.15, -0.1) is 0 Å². The lowest BCUT2D eigenvalue weighted by Crippen LogP contribution is -2.08. The molecule has 0 aromatic heterocycles. The highest BCUT2D eigenvalue weighted by molar-refractivity contribution is 6.40. The van der Waals surface area contributed by atoms with E-state index in [0.29, 0.717) is 0 Å². The highest BCUT2D eigenvalue weighted by Crippen LogP contribution is 2.38. The van der Waals surface area contributed by atoms with Gasteiger partial charge in [0.25, 0.3) is 0 Å². The fourth-order valence-electron chi connectivity index (χ4n) is 2.89. The van der Waals surface area contributed by atoms with Crippen LogP contribution in [0.15, 0.2) is 60.7 Å². The molecular weight excluding hydrogens is 336 g/mol. The van der Waals surface area contributed by atoms with Crippen LogP contribution in [0.5, 0.6) is 11.5 Å². The van der Waals surface area contributed by atoms with E-state index in [1.165, 1.54) is 10.8 Å². The summed E-state index contributed by atoms with van der Waals surface area (Å²) in [5.41, 5.74) is 4.37. The second-order valence-electron chi connectivity index (χ2n) is 5.58. The summed E-state index contributed by atoms with van der Waals surface area (Å²) in [5.74, 6) is 1.66. The Morgan fingerprint density at radius 3 is 1.83 bits per heavy atom. The number of rotatable bonds is 4. The highest BCUT2D eigenvalue weighted by Gasteiger charge is 2.15. The van der Waals surface area contributed by atoms with Crippen LogP contribution >= 0.6 is 11.6 Å². The van der Waals surface area contributed by atoms with Crippen molar-refractivity contribution in [1.29, 1.82) is 0 Å². The zero-order valence-corrected chi connectivity index (χ0v) is 16.7. The zero-order valence-electron chi connectivity index (χ0n) is 14.0. The monoisotopic (exact) mass is 354 g/mol. The Labute approximate surface area is 150 Å². The first-order chi connectivity index (χ1) is 11.6. The Bertz CT molecular complexity index is 805. The molecule has 0 aliphatic carbocycles. The lowest BCUT2D eigenvalue weighted by molar-refractivity contribution is 0.415. The number of halogens is 1. The molecule has 0 atom stereocenters. The quantitative estimate of drug-likeness (QED) is 0.665. The van der Waals surface area contributed by atoms with Crippen LogP contribution in [-0.2, 0) is 0 Å². The smallest absolute Gasteiger partial charge is 0.119 e. The van der Waals surface area contributed by atoms with Gasteiger partial charge in [0.05, 0.1) is 14.2 Å². The minimum Gasteiger partial charge on any atom is -0.497 e. The average Bonchev–Trinajstić information content (AvgIpc) is 2.63. The Hall–Kier alpha value is -2.23. The molecule has 2 nitrogen and oxygen atoms in total. The van der Waals surface area contributed by atoms with Gasteiger partial charge in [-0.25, -0.2) is 0 Å². The van der Waals surface area contributed by atoms with E-state index in [0.717, 1.165) is 43.5 Å². The molecule has 0 heterocycles. The van der Waals surface area contributed by atoms with Gasteiger partial charge >= 0.3 is 0 Å². The second-order valence-corrected chi connectivity index (χ2v) is 7.06. The second kappa shape index (κ2) is 7.12. The van der Waals surface area contributed by atoms with E-state index >= 15 is 0 Å². The molecule has 0 fully saturated rings. The van der Waals surface area contributed by atoms with E-state index in [4.69, 9.17) is 21.1 Å². The molecule has 24 heavy (non-hydrogen) atoms. The van der Waals surface area contributed by atoms with Crippen molar-refractivity contribution in [2.75, 3.05) is 14.2 Å². The SMILES string of the molecule is COc1cccc(-c2c([SiH3])ccc(Cl)c2-c2cccc(OC)c2)c1. The van der Waals surface area contributed by atoms with E-state index in [9.17, 15) is 0 Å². The highest BCUT2D eigenvalue weighted by atomic mass is 35.5. The molecule has 0 radical (unpaired) electrons. The third-order valence-electron chi connectivity index (χ3n) is 4.08. The molecule has 3 aromatic carbocycles. The molecule has 0 aliphatic heterocycles. The molecular formula is C20H19ClO2Si. The van der Waals surface area contributed by atoms with E-state index in [1.807, 2.05) is 36.4 Å². The summed E-state index contributed by atoms with van der Waals surface area (Å²) in [6.07, 6.45) is 0. The van der Waals surface area contributed by atoms with Gasteiger partial charge in [0.2, 0.25) is 0 Å². The zero-order chi connectivity index (χ0) is 17.1. The van der Waals surface area contributed by atoms with Gasteiger partial charge in [0.15, 0.2) is 0 Å². The average molecular weight is 355 g/mol. The lowest BCUT2D eigenvalue weighted by atomic mass is 9.94. The summed E-state index contributed by atoms with van der Waals surface area (Å²) >= 11 is 6.60. The minimum atomic E-state index is 0.737. The van der Waals surface area contributed by atoms with Gasteiger partial charge in [0, 0.05) is 20.8 Å². The lowest BCUT2D eigenvalue weighted by Gasteiger charge is -2.16. The summed E-state index contributed by atoms with van der Waals surface area (Å²) < 4.78 is 10.8. The Kier molecular flexibility index (Phi) is 4.93. The van der Waals surface area contributed by atoms with Crippen molar-refractivity contribution in [3.8, 4) is 33.8 Å². The van der Waals surface area contributed by atoms with Gasteiger partial charge in [-0.3, -0.25) is 0 Å². The third-order valence-corrected chi connectivity index (χ3v) is 5.23. The van der Waals surface area contributed by atoms with Crippen LogP contribution < -0.4 is 14.7 Å². The number of hydrogen-bond donors (Lipinski definition) is 0. The van der Waals surface area contributed by atoms with Crippen molar-refractivity contribution in [2.45, 2.75) is 0 Å². The van der Waals surface area contributed by atoms with E-state index in [2.05, 4.69) is 24.3 Å². The Morgan fingerprint density at radius 1 is 0.750 bits per heavy atom.